The second-order valence-corrected chi connectivity index (χ2v) is 5.16. The van der Waals surface area contributed by atoms with E-state index in [1.807, 2.05) is 6.92 Å². The van der Waals surface area contributed by atoms with Crippen molar-refractivity contribution in [2.45, 2.75) is 48.5 Å². The van der Waals surface area contributed by atoms with Crippen LogP contribution in [0.15, 0.2) is 4.42 Å². The van der Waals surface area contributed by atoms with Crippen LogP contribution in [0.3, 0.4) is 0 Å². The van der Waals surface area contributed by atoms with Gasteiger partial charge in [0.25, 0.3) is 0 Å². The van der Waals surface area contributed by atoms with Crippen molar-refractivity contribution >= 4 is 0 Å². The molecule has 2 heterocycles. The lowest BCUT2D eigenvalue weighted by Gasteiger charge is -2.12. The predicted molar refractivity (Wildman–Crippen MR) is 75.1 cm³/mol. The van der Waals surface area contributed by atoms with Gasteiger partial charge in [-0.05, 0) is 70.7 Å². The van der Waals surface area contributed by atoms with Gasteiger partial charge in [-0.3, -0.25) is 0 Å². The third-order valence-electron chi connectivity index (χ3n) is 4.20. The molecular formula is C16H21NO. The molecule has 0 saturated heterocycles. The van der Waals surface area contributed by atoms with E-state index in [9.17, 15) is 0 Å². The summed E-state index contributed by atoms with van der Waals surface area (Å²) >= 11 is 0. The quantitative estimate of drug-likeness (QED) is 0.737. The van der Waals surface area contributed by atoms with Crippen LogP contribution in [0.2, 0.25) is 0 Å². The lowest BCUT2D eigenvalue weighted by atomic mass is 9.99. The van der Waals surface area contributed by atoms with Gasteiger partial charge in [0.05, 0.1) is 0 Å². The van der Waals surface area contributed by atoms with E-state index in [2.05, 4.69) is 41.5 Å². The number of hydrogen-bond donors (Lipinski definition) is 0. The molecule has 0 bridgehead atoms. The van der Waals surface area contributed by atoms with Crippen LogP contribution in [0.1, 0.15) is 39.3 Å². The van der Waals surface area contributed by atoms with Gasteiger partial charge in [0.2, 0.25) is 0 Å². The van der Waals surface area contributed by atoms with Crippen LogP contribution in [0.25, 0.3) is 11.5 Å². The molecule has 0 radical (unpaired) electrons. The van der Waals surface area contributed by atoms with Crippen molar-refractivity contribution in [3.05, 3.63) is 39.3 Å². The fourth-order valence-electron chi connectivity index (χ4n) is 2.25. The Bertz CT molecular complexity index is 621. The first-order valence-electron chi connectivity index (χ1n) is 6.36. The van der Waals surface area contributed by atoms with Crippen LogP contribution < -0.4 is 0 Å². The Morgan fingerprint density at radius 2 is 1.28 bits per heavy atom. The van der Waals surface area contributed by atoms with E-state index in [4.69, 9.17) is 9.40 Å². The highest BCUT2D eigenvalue weighted by Crippen LogP contribution is 2.33. The van der Waals surface area contributed by atoms with E-state index in [-0.39, 0.29) is 0 Å². The highest BCUT2D eigenvalue weighted by Gasteiger charge is 2.18. The second-order valence-electron chi connectivity index (χ2n) is 5.16. The van der Waals surface area contributed by atoms with E-state index >= 15 is 0 Å². The highest BCUT2D eigenvalue weighted by molar-refractivity contribution is 5.65. The van der Waals surface area contributed by atoms with Crippen molar-refractivity contribution in [2.24, 2.45) is 0 Å². The van der Waals surface area contributed by atoms with Crippen molar-refractivity contribution in [2.75, 3.05) is 0 Å². The zero-order valence-electron chi connectivity index (χ0n) is 12.4. The average molecular weight is 243 g/mol. The molecule has 0 N–H and O–H groups in total. The Labute approximate surface area is 109 Å². The van der Waals surface area contributed by atoms with Crippen LogP contribution in [-0.4, -0.2) is 4.98 Å². The van der Waals surface area contributed by atoms with E-state index < -0.39 is 0 Å². The van der Waals surface area contributed by atoms with Gasteiger partial charge in [-0.2, -0.15) is 0 Å². The van der Waals surface area contributed by atoms with Gasteiger partial charge in [0, 0.05) is 11.3 Å². The number of hydrogen-bond acceptors (Lipinski definition) is 2. The van der Waals surface area contributed by atoms with Gasteiger partial charge in [-0.15, -0.1) is 0 Å². The van der Waals surface area contributed by atoms with Crippen LogP contribution in [0.5, 0.6) is 0 Å². The molecular weight excluding hydrogens is 222 g/mol. The molecule has 0 spiro atoms. The number of nitrogens with zero attached hydrogens (tertiary/aromatic N) is 1. The third-order valence-corrected chi connectivity index (χ3v) is 4.20. The highest BCUT2D eigenvalue weighted by atomic mass is 16.3. The number of aromatic nitrogens is 1. The number of pyridine rings is 1. The summed E-state index contributed by atoms with van der Waals surface area (Å²) in [4.78, 5) is 4.72. The Morgan fingerprint density at radius 3 is 1.78 bits per heavy atom. The average Bonchev–Trinajstić information content (AvgIpc) is 2.59. The topological polar surface area (TPSA) is 26.0 Å². The minimum Gasteiger partial charge on any atom is -0.459 e. The van der Waals surface area contributed by atoms with Crippen molar-refractivity contribution in [1.82, 2.24) is 4.98 Å². The van der Waals surface area contributed by atoms with E-state index in [1.54, 1.807) is 0 Å². The molecule has 0 aliphatic heterocycles. The second kappa shape index (κ2) is 4.27. The first-order valence-corrected chi connectivity index (χ1v) is 6.36. The summed E-state index contributed by atoms with van der Waals surface area (Å²) in [5, 5.41) is 0. The van der Waals surface area contributed by atoms with Crippen LogP contribution in [-0.2, 0) is 0 Å². The normalized spacial score (nSPS) is 11.1. The molecule has 2 rings (SSSR count). The van der Waals surface area contributed by atoms with Gasteiger partial charge in [-0.25, -0.2) is 4.98 Å². The van der Waals surface area contributed by atoms with Gasteiger partial charge in [0.1, 0.15) is 11.5 Å². The van der Waals surface area contributed by atoms with Crippen molar-refractivity contribution in [3.63, 3.8) is 0 Å². The maximum atomic E-state index is 5.90. The minimum absolute atomic E-state index is 0.925. The minimum atomic E-state index is 0.925. The summed E-state index contributed by atoms with van der Waals surface area (Å²) in [5.41, 5.74) is 8.30. The van der Waals surface area contributed by atoms with Gasteiger partial charge >= 0.3 is 0 Å². The largest absolute Gasteiger partial charge is 0.459 e. The Balaban J connectivity index is 2.76. The molecule has 0 saturated carbocycles. The molecule has 0 atom stereocenters. The summed E-state index contributed by atoms with van der Waals surface area (Å²) < 4.78 is 5.90. The third kappa shape index (κ3) is 1.76. The first kappa shape index (κ1) is 12.9. The summed E-state index contributed by atoms with van der Waals surface area (Å²) in [6.07, 6.45) is 0. The van der Waals surface area contributed by atoms with Crippen LogP contribution in [0.4, 0.5) is 0 Å². The molecule has 2 aromatic heterocycles. The molecule has 0 aromatic carbocycles. The summed E-state index contributed by atoms with van der Waals surface area (Å²) in [7, 11) is 0. The van der Waals surface area contributed by atoms with Gasteiger partial charge in [-0.1, -0.05) is 0 Å². The summed E-state index contributed by atoms with van der Waals surface area (Å²) in [5.74, 6) is 1.91. The molecule has 0 fully saturated rings. The van der Waals surface area contributed by atoms with Crippen molar-refractivity contribution in [3.8, 4) is 11.5 Å². The molecule has 0 amide bonds. The van der Waals surface area contributed by atoms with E-state index in [1.165, 1.54) is 27.8 Å². The van der Waals surface area contributed by atoms with E-state index in [0.29, 0.717) is 0 Å². The number of furan rings is 1. The Hall–Kier alpha value is -1.57. The standard InChI is InChI=1S/C16H21NO/c1-8-9(2)13(6)17-15(11(8)4)16-12(5)10(3)14(7)18-16/h1-7H3. The van der Waals surface area contributed by atoms with Crippen molar-refractivity contribution < 1.29 is 4.42 Å². The molecule has 0 unspecified atom stereocenters. The zero-order valence-corrected chi connectivity index (χ0v) is 12.4. The monoisotopic (exact) mass is 243 g/mol. The molecule has 0 aliphatic carbocycles. The Morgan fingerprint density at radius 1 is 0.667 bits per heavy atom. The van der Waals surface area contributed by atoms with Gasteiger partial charge < -0.3 is 4.42 Å². The molecule has 2 aromatic rings. The number of aryl methyl sites for hydroxylation is 2. The fourth-order valence-corrected chi connectivity index (χ4v) is 2.25. The molecule has 18 heavy (non-hydrogen) atoms. The molecule has 2 nitrogen and oxygen atoms in total. The fraction of sp³-hybridized carbons (Fsp3) is 0.438. The van der Waals surface area contributed by atoms with Crippen LogP contribution >= 0.6 is 0 Å². The smallest absolute Gasteiger partial charge is 0.156 e. The van der Waals surface area contributed by atoms with Crippen LogP contribution in [0, 0.1) is 48.5 Å². The molecule has 2 heteroatoms. The van der Waals surface area contributed by atoms with E-state index in [0.717, 1.165) is 22.9 Å². The first-order chi connectivity index (χ1) is 8.34. The maximum absolute atomic E-state index is 5.90. The lowest BCUT2D eigenvalue weighted by Crippen LogP contribution is -1.99. The van der Waals surface area contributed by atoms with Crippen molar-refractivity contribution in [1.29, 1.82) is 0 Å². The molecule has 0 aliphatic rings. The summed E-state index contributed by atoms with van der Waals surface area (Å²) in [6.45, 7) is 14.7. The number of rotatable bonds is 1. The predicted octanol–water partition coefficient (Wildman–Crippen LogP) is 4.50. The molecule has 96 valence electrons. The summed E-state index contributed by atoms with van der Waals surface area (Å²) in [6, 6.07) is 0. The SMILES string of the molecule is Cc1nc(-c2oc(C)c(C)c2C)c(C)c(C)c1C. The zero-order chi connectivity index (χ0) is 13.6. The maximum Gasteiger partial charge on any atom is 0.156 e. The Kier molecular flexibility index (Phi) is 3.05. The lowest BCUT2D eigenvalue weighted by molar-refractivity contribution is 0.542. The van der Waals surface area contributed by atoms with Gasteiger partial charge in [0.15, 0.2) is 5.76 Å².